The third-order valence-electron chi connectivity index (χ3n) is 5.98. The highest BCUT2D eigenvalue weighted by Crippen LogP contribution is 2.36. The zero-order valence-electron chi connectivity index (χ0n) is 21.9. The summed E-state index contributed by atoms with van der Waals surface area (Å²) in [5.74, 6) is -2.43. The van der Waals surface area contributed by atoms with E-state index in [1.807, 2.05) is 18.4 Å². The molecule has 2 amide bonds. The molecular formula is C28H27F7N2O2S. The number of carbonyl (C=O) groups is 2. The zero-order chi connectivity index (χ0) is 29.8. The smallest absolute Gasteiger partial charge is 0.332 e. The Kier molecular flexibility index (Phi) is 9.65. The predicted molar refractivity (Wildman–Crippen MR) is 137 cm³/mol. The van der Waals surface area contributed by atoms with Gasteiger partial charge >= 0.3 is 12.4 Å². The maximum Gasteiger partial charge on any atom is 0.416 e. The molecule has 4 nitrogen and oxygen atoms in total. The van der Waals surface area contributed by atoms with Gasteiger partial charge in [0.05, 0.1) is 17.7 Å². The molecule has 0 fully saturated rings. The molecule has 0 N–H and O–H groups in total. The Morgan fingerprint density at radius 3 is 1.90 bits per heavy atom. The number of thiophene rings is 1. The molecule has 0 bridgehead atoms. The van der Waals surface area contributed by atoms with E-state index in [1.54, 1.807) is 13.8 Å². The first-order chi connectivity index (χ1) is 18.5. The fourth-order valence-corrected chi connectivity index (χ4v) is 4.89. The van der Waals surface area contributed by atoms with Gasteiger partial charge in [-0.2, -0.15) is 26.3 Å². The summed E-state index contributed by atoms with van der Waals surface area (Å²) in [7, 11) is 0. The van der Waals surface area contributed by atoms with Gasteiger partial charge in [-0.3, -0.25) is 9.59 Å². The van der Waals surface area contributed by atoms with Crippen LogP contribution < -0.4 is 0 Å². The Hall–Kier alpha value is -3.41. The molecule has 1 heterocycles. The Balaban J connectivity index is 1.96. The summed E-state index contributed by atoms with van der Waals surface area (Å²) in [5.41, 5.74) is -2.55. The van der Waals surface area contributed by atoms with Crippen molar-refractivity contribution < 1.29 is 40.3 Å². The van der Waals surface area contributed by atoms with Gasteiger partial charge in [-0.05, 0) is 65.7 Å². The second kappa shape index (κ2) is 12.4. The van der Waals surface area contributed by atoms with Gasteiger partial charge in [-0.1, -0.05) is 26.0 Å². The second-order valence-electron chi connectivity index (χ2n) is 9.78. The van der Waals surface area contributed by atoms with Crippen molar-refractivity contribution >= 4 is 23.2 Å². The van der Waals surface area contributed by atoms with E-state index in [1.165, 1.54) is 40.5 Å². The fourth-order valence-electron chi connectivity index (χ4n) is 3.97. The number of amides is 2. The van der Waals surface area contributed by atoms with Crippen LogP contribution in [0.5, 0.6) is 0 Å². The molecule has 216 valence electrons. The van der Waals surface area contributed by atoms with E-state index in [0.717, 1.165) is 15.3 Å². The zero-order valence-corrected chi connectivity index (χ0v) is 22.7. The molecular weight excluding hydrogens is 561 g/mol. The van der Waals surface area contributed by atoms with E-state index in [4.69, 9.17) is 0 Å². The largest absolute Gasteiger partial charge is 0.416 e. The number of benzene rings is 2. The van der Waals surface area contributed by atoms with Crippen LogP contribution in [0.3, 0.4) is 0 Å². The van der Waals surface area contributed by atoms with E-state index in [-0.39, 0.29) is 31.6 Å². The topological polar surface area (TPSA) is 40.6 Å². The van der Waals surface area contributed by atoms with Gasteiger partial charge in [0.15, 0.2) is 0 Å². The van der Waals surface area contributed by atoms with Crippen LogP contribution in [0.2, 0.25) is 0 Å². The summed E-state index contributed by atoms with van der Waals surface area (Å²) in [5, 5.41) is 1.84. The van der Waals surface area contributed by atoms with Crippen molar-refractivity contribution in [1.29, 1.82) is 0 Å². The van der Waals surface area contributed by atoms with Crippen LogP contribution in [-0.2, 0) is 30.2 Å². The summed E-state index contributed by atoms with van der Waals surface area (Å²) in [4.78, 5) is 30.1. The number of alkyl halides is 6. The minimum absolute atomic E-state index is 0.0436. The molecule has 40 heavy (non-hydrogen) atoms. The number of nitrogens with zero attached hydrogens (tertiary/aromatic N) is 2. The van der Waals surface area contributed by atoms with Gasteiger partial charge < -0.3 is 9.80 Å². The molecule has 1 aromatic heterocycles. The van der Waals surface area contributed by atoms with Gasteiger partial charge in [0.25, 0.3) is 5.91 Å². The number of rotatable bonds is 9. The first kappa shape index (κ1) is 31.1. The maximum absolute atomic E-state index is 13.5. The van der Waals surface area contributed by atoms with Crippen molar-refractivity contribution in [3.8, 4) is 0 Å². The molecule has 0 saturated heterocycles. The number of halogens is 7. The van der Waals surface area contributed by atoms with Crippen LogP contribution in [0.15, 0.2) is 53.9 Å². The average Bonchev–Trinajstić information content (AvgIpc) is 3.26. The van der Waals surface area contributed by atoms with Crippen LogP contribution in [0.4, 0.5) is 30.7 Å². The van der Waals surface area contributed by atoms with Gasteiger partial charge in [0, 0.05) is 23.5 Å². The molecule has 3 aromatic rings. The van der Waals surface area contributed by atoms with E-state index in [0.29, 0.717) is 17.7 Å². The van der Waals surface area contributed by atoms with Crippen molar-refractivity contribution in [2.75, 3.05) is 13.1 Å². The lowest BCUT2D eigenvalue weighted by Gasteiger charge is -2.29. The minimum Gasteiger partial charge on any atom is -0.332 e. The normalized spacial score (nSPS) is 12.1. The number of hydrogen-bond acceptors (Lipinski definition) is 3. The molecule has 0 unspecified atom stereocenters. The summed E-state index contributed by atoms with van der Waals surface area (Å²) in [6.07, 6.45) is -10.3. The molecule has 0 aliphatic heterocycles. The molecule has 0 aliphatic carbocycles. The molecule has 0 saturated carbocycles. The van der Waals surface area contributed by atoms with Crippen molar-refractivity contribution in [3.63, 3.8) is 0 Å². The van der Waals surface area contributed by atoms with E-state index >= 15 is 0 Å². The lowest BCUT2D eigenvalue weighted by molar-refractivity contribution is -0.143. The summed E-state index contributed by atoms with van der Waals surface area (Å²) >= 11 is 1.40. The van der Waals surface area contributed by atoms with Gasteiger partial charge in [0.2, 0.25) is 5.91 Å². The molecule has 0 aliphatic rings. The Labute approximate surface area is 231 Å². The van der Waals surface area contributed by atoms with E-state index < -0.39 is 53.2 Å². The third-order valence-corrected chi connectivity index (χ3v) is 6.98. The van der Waals surface area contributed by atoms with E-state index in [2.05, 4.69) is 0 Å². The molecule has 2 aromatic carbocycles. The quantitative estimate of drug-likeness (QED) is 0.242. The lowest BCUT2D eigenvalue weighted by atomic mass is 10.0. The Bertz CT molecular complexity index is 1300. The summed E-state index contributed by atoms with van der Waals surface area (Å²) in [6.45, 7) is 4.76. The highest BCUT2D eigenvalue weighted by Gasteiger charge is 2.38. The monoisotopic (exact) mass is 588 g/mol. The van der Waals surface area contributed by atoms with Crippen molar-refractivity contribution in [1.82, 2.24) is 9.80 Å². The first-order valence-electron chi connectivity index (χ1n) is 12.2. The molecule has 0 spiro atoms. The van der Waals surface area contributed by atoms with Crippen LogP contribution in [0.25, 0.3) is 0 Å². The number of hydrogen-bond donors (Lipinski definition) is 0. The van der Waals surface area contributed by atoms with Crippen molar-refractivity contribution in [2.24, 2.45) is 5.92 Å². The van der Waals surface area contributed by atoms with E-state index in [9.17, 15) is 40.3 Å². The summed E-state index contributed by atoms with van der Waals surface area (Å²) in [6, 6.07) is 7.99. The SMILES string of the molecule is Cc1ccsc1CN(Cc1ccc(F)cc1)C(=O)CN(CC(C)C)C(=O)c1cc(C(F)(F)F)cc(C(F)(F)F)c1. The standard InChI is InChI=1S/C28H27F7N2O2S/c1-17(2)13-37(26(39)20-10-21(27(30,31)32)12-22(11-20)28(33,34)35)16-25(38)36(15-24-18(3)8-9-40-24)14-19-4-6-23(29)7-5-19/h4-12,17H,13-16H2,1-3H3. The van der Waals surface area contributed by atoms with Crippen molar-refractivity contribution in [2.45, 2.75) is 46.2 Å². The number of carbonyl (C=O) groups excluding carboxylic acids is 2. The summed E-state index contributed by atoms with van der Waals surface area (Å²) < 4.78 is 93.8. The maximum atomic E-state index is 13.5. The van der Waals surface area contributed by atoms with Crippen LogP contribution in [0.1, 0.15) is 51.3 Å². The molecule has 0 atom stereocenters. The van der Waals surface area contributed by atoms with Gasteiger partial charge in [0.1, 0.15) is 12.4 Å². The molecule has 0 radical (unpaired) electrons. The Morgan fingerprint density at radius 1 is 0.850 bits per heavy atom. The highest BCUT2D eigenvalue weighted by atomic mass is 32.1. The fraction of sp³-hybridized carbons (Fsp3) is 0.357. The second-order valence-corrected chi connectivity index (χ2v) is 10.8. The van der Waals surface area contributed by atoms with Gasteiger partial charge in [-0.15, -0.1) is 11.3 Å². The minimum atomic E-state index is -5.13. The lowest BCUT2D eigenvalue weighted by Crippen LogP contribution is -2.44. The van der Waals surface area contributed by atoms with Crippen LogP contribution in [-0.4, -0.2) is 34.7 Å². The molecule has 12 heteroatoms. The Morgan fingerprint density at radius 2 is 1.43 bits per heavy atom. The van der Waals surface area contributed by atoms with Crippen LogP contribution in [0, 0.1) is 18.7 Å². The third kappa shape index (κ3) is 8.30. The average molecular weight is 589 g/mol. The number of aryl methyl sites for hydroxylation is 1. The van der Waals surface area contributed by atoms with Gasteiger partial charge in [-0.25, -0.2) is 4.39 Å². The first-order valence-corrected chi connectivity index (χ1v) is 13.1. The molecule has 3 rings (SSSR count). The van der Waals surface area contributed by atoms with Crippen molar-refractivity contribution in [3.05, 3.63) is 92.4 Å². The predicted octanol–water partition coefficient (Wildman–Crippen LogP) is 7.56. The highest BCUT2D eigenvalue weighted by molar-refractivity contribution is 7.10. The van der Waals surface area contributed by atoms with Crippen LogP contribution >= 0.6 is 11.3 Å².